The number of rotatable bonds is 12. The minimum atomic E-state index is -4.61. The van der Waals surface area contributed by atoms with Crippen molar-refractivity contribution in [2.75, 3.05) is 24.3 Å². The van der Waals surface area contributed by atoms with Crippen LogP contribution in [0.25, 0.3) is 11.2 Å². The zero-order valence-corrected chi connectivity index (χ0v) is 25.4. The highest BCUT2D eigenvalue weighted by atomic mass is 32.2. The van der Waals surface area contributed by atoms with Crippen LogP contribution in [0.3, 0.4) is 0 Å². The van der Waals surface area contributed by atoms with Crippen LogP contribution in [0.15, 0.2) is 23.4 Å². The zero-order chi connectivity index (χ0) is 30.5. The summed E-state index contributed by atoms with van der Waals surface area (Å²) < 4.78 is 62.9. The molecule has 13 nitrogen and oxygen atoms in total. The number of fused-ring (bicyclic) bond motifs is 2. The zero-order valence-electron chi connectivity index (χ0n) is 23.7. The summed E-state index contributed by atoms with van der Waals surface area (Å²) in [5.74, 6) is -1.33. The fourth-order valence-electron chi connectivity index (χ4n) is 5.70. The molecule has 1 saturated heterocycles. The summed E-state index contributed by atoms with van der Waals surface area (Å²) in [6, 6.07) is 3.55. The van der Waals surface area contributed by atoms with Crippen LogP contribution in [-0.2, 0) is 23.3 Å². The molecule has 0 radical (unpaired) electrons. The fraction of sp³-hybridized carbons (Fsp3) is 0.615. The van der Waals surface area contributed by atoms with E-state index in [2.05, 4.69) is 27.1 Å². The minimum Gasteiger partial charge on any atom is -0.373 e. The summed E-state index contributed by atoms with van der Waals surface area (Å²) in [4.78, 5) is 27.5. The van der Waals surface area contributed by atoms with Gasteiger partial charge in [-0.15, -0.1) is 5.10 Å². The van der Waals surface area contributed by atoms with Gasteiger partial charge in [-0.3, -0.25) is 4.52 Å². The van der Waals surface area contributed by atoms with Gasteiger partial charge in [-0.25, -0.2) is 28.0 Å². The number of hydrogen-bond donors (Lipinski definition) is 3. The van der Waals surface area contributed by atoms with Crippen LogP contribution in [0, 0.1) is 11.6 Å². The lowest BCUT2D eigenvalue weighted by Gasteiger charge is -2.23. The average Bonchev–Trinajstić information content (AvgIpc) is 3.27. The molecule has 3 fully saturated rings. The number of halogens is 2. The predicted octanol–water partition coefficient (Wildman–Crippen LogP) is 3.93. The topological polar surface area (TPSA) is 163 Å². The number of ether oxygens (including phenoxy) is 3. The molecule has 1 unspecified atom stereocenters. The van der Waals surface area contributed by atoms with E-state index in [1.54, 1.807) is 24.6 Å². The van der Waals surface area contributed by atoms with Crippen molar-refractivity contribution in [3.63, 3.8) is 0 Å². The van der Waals surface area contributed by atoms with Crippen molar-refractivity contribution in [1.82, 2.24) is 25.0 Å². The Hall–Kier alpha value is -2.30. The van der Waals surface area contributed by atoms with E-state index in [4.69, 9.17) is 34.0 Å². The van der Waals surface area contributed by atoms with Gasteiger partial charge in [-0.2, -0.15) is 0 Å². The molecule has 6 atom stereocenters. The van der Waals surface area contributed by atoms with Gasteiger partial charge in [0.1, 0.15) is 12.2 Å². The van der Waals surface area contributed by atoms with Crippen molar-refractivity contribution < 1.29 is 41.9 Å². The lowest BCUT2D eigenvalue weighted by Crippen LogP contribution is -2.31. The van der Waals surface area contributed by atoms with E-state index >= 15 is 0 Å². The lowest BCUT2D eigenvalue weighted by molar-refractivity contribution is -0.170. The van der Waals surface area contributed by atoms with Crippen molar-refractivity contribution in [2.45, 2.75) is 87.3 Å². The normalized spacial score (nSPS) is 28.0. The van der Waals surface area contributed by atoms with E-state index < -0.39 is 43.6 Å². The van der Waals surface area contributed by atoms with Crippen molar-refractivity contribution in [3.8, 4) is 0 Å². The molecular weight excluding hydrogens is 609 g/mol. The Morgan fingerprint density at radius 3 is 2.70 bits per heavy atom. The maximum absolute atomic E-state index is 13.8. The first-order chi connectivity index (χ1) is 20.4. The molecule has 0 amide bonds. The maximum atomic E-state index is 13.8. The predicted molar refractivity (Wildman–Crippen MR) is 150 cm³/mol. The molecule has 1 aliphatic heterocycles. The van der Waals surface area contributed by atoms with E-state index in [9.17, 15) is 13.3 Å². The van der Waals surface area contributed by atoms with Crippen LogP contribution in [0.2, 0.25) is 0 Å². The third kappa shape index (κ3) is 6.71. The fourth-order valence-corrected chi connectivity index (χ4v) is 6.71. The Morgan fingerprint density at radius 2 is 1.95 bits per heavy atom. The number of hydrogen-bond acceptors (Lipinski definition) is 11. The first-order valence-electron chi connectivity index (χ1n) is 14.1. The van der Waals surface area contributed by atoms with Gasteiger partial charge in [0.25, 0.3) is 0 Å². The number of aromatic nitrogens is 5. The smallest absolute Gasteiger partial charge is 0.373 e. The molecular formula is C26H33F2N6O7PS. The van der Waals surface area contributed by atoms with E-state index in [1.165, 1.54) is 17.8 Å². The monoisotopic (exact) mass is 642 g/mol. The second-order valence-corrected chi connectivity index (χ2v) is 13.6. The largest absolute Gasteiger partial charge is 0.469 e. The number of nitrogens with zero attached hydrogens (tertiary/aromatic N) is 5. The summed E-state index contributed by atoms with van der Waals surface area (Å²) in [7, 11) is -4.61. The molecule has 0 spiro atoms. The van der Waals surface area contributed by atoms with Gasteiger partial charge in [0.05, 0.1) is 25.4 Å². The average molecular weight is 643 g/mol. The molecule has 17 heteroatoms. The van der Waals surface area contributed by atoms with Gasteiger partial charge in [0, 0.05) is 24.1 Å². The summed E-state index contributed by atoms with van der Waals surface area (Å²) in [6.45, 7) is 5.33. The third-order valence-electron chi connectivity index (χ3n) is 7.59. The quantitative estimate of drug-likeness (QED) is 0.113. The molecule has 3 heterocycles. The Bertz CT molecular complexity index is 1540. The van der Waals surface area contributed by atoms with Crippen molar-refractivity contribution in [1.29, 1.82) is 0 Å². The van der Waals surface area contributed by atoms with Crippen LogP contribution < -0.4 is 5.32 Å². The lowest BCUT2D eigenvalue weighted by atomic mass is 10.1. The molecule has 1 aromatic carbocycles. The molecule has 2 saturated carbocycles. The van der Waals surface area contributed by atoms with Crippen LogP contribution in [0.5, 0.6) is 0 Å². The first kappa shape index (κ1) is 30.7. The van der Waals surface area contributed by atoms with Crippen LogP contribution >= 0.6 is 19.6 Å². The van der Waals surface area contributed by atoms with Crippen molar-refractivity contribution >= 4 is 36.6 Å². The van der Waals surface area contributed by atoms with Gasteiger partial charge in [-0.1, -0.05) is 30.0 Å². The SMILES string of the molecule is CCCSc1nc(NC2C[C@H]2c2ccc(F)c(F)c2)c2nnn([C@@H]3C[C@H](OCCOP(=O)(O)O)[C@H]4OC(C)(C)O[C@H]43)c2n1. The Morgan fingerprint density at radius 1 is 1.16 bits per heavy atom. The number of phosphoric ester groups is 1. The van der Waals surface area contributed by atoms with Gasteiger partial charge >= 0.3 is 7.82 Å². The van der Waals surface area contributed by atoms with Gasteiger partial charge < -0.3 is 29.3 Å². The maximum Gasteiger partial charge on any atom is 0.469 e. The van der Waals surface area contributed by atoms with Crippen LogP contribution in [0.4, 0.5) is 14.6 Å². The third-order valence-corrected chi connectivity index (χ3v) is 9.17. The van der Waals surface area contributed by atoms with Crippen LogP contribution in [0.1, 0.15) is 57.6 Å². The minimum absolute atomic E-state index is 0.00350. The highest BCUT2D eigenvalue weighted by Gasteiger charge is 2.56. The molecule has 234 valence electrons. The summed E-state index contributed by atoms with van der Waals surface area (Å²) in [5.41, 5.74) is 1.68. The van der Waals surface area contributed by atoms with Gasteiger partial charge in [0.2, 0.25) is 0 Å². The molecule has 2 aliphatic carbocycles. The van der Waals surface area contributed by atoms with Crippen molar-refractivity contribution in [2.24, 2.45) is 0 Å². The molecule has 43 heavy (non-hydrogen) atoms. The molecule has 2 aromatic heterocycles. The number of nitrogens with one attached hydrogen (secondary N) is 1. The second kappa shape index (κ2) is 11.9. The summed E-state index contributed by atoms with van der Waals surface area (Å²) in [6.07, 6.45) is 0.681. The number of benzene rings is 1. The molecule has 3 aromatic rings. The molecule has 3 N–H and O–H groups in total. The van der Waals surface area contributed by atoms with E-state index in [0.717, 1.165) is 24.7 Å². The molecule has 3 aliphatic rings. The first-order valence-corrected chi connectivity index (χ1v) is 16.6. The Kier molecular flexibility index (Phi) is 8.50. The standard InChI is InChI=1S/C26H33F2N6O7PS/c1-4-9-43-25-30-23(29-17-11-14(17)13-5-6-15(27)16(28)10-13)20-24(31-25)34(33-32-20)18-12-19(38-7-8-39-42(35,36)37)22-21(18)40-26(2,3)41-22/h5-6,10,14,17-19,21-22H,4,7-9,11-12H2,1-3H3,(H,29,30,31)(H2,35,36,37)/t14-,17?,18+,19-,21-,22+/m0/s1. The second-order valence-electron chi connectivity index (χ2n) is 11.3. The Labute approximate surface area is 250 Å². The highest BCUT2D eigenvalue weighted by molar-refractivity contribution is 7.99. The van der Waals surface area contributed by atoms with Crippen LogP contribution in [-0.4, -0.2) is 83.9 Å². The van der Waals surface area contributed by atoms with E-state index in [-0.39, 0.29) is 31.2 Å². The van der Waals surface area contributed by atoms with Gasteiger partial charge in [0.15, 0.2) is 39.6 Å². The highest BCUT2D eigenvalue weighted by Crippen LogP contribution is 2.47. The Balaban J connectivity index is 1.26. The number of thioether (sulfide) groups is 1. The summed E-state index contributed by atoms with van der Waals surface area (Å²) in [5, 5.41) is 12.9. The number of phosphoric acid groups is 1. The van der Waals surface area contributed by atoms with Crippen molar-refractivity contribution in [3.05, 3.63) is 35.4 Å². The molecule has 0 bridgehead atoms. The van der Waals surface area contributed by atoms with E-state index in [1.807, 2.05) is 0 Å². The molecule has 6 rings (SSSR count). The summed E-state index contributed by atoms with van der Waals surface area (Å²) >= 11 is 1.51. The number of anilines is 1. The van der Waals surface area contributed by atoms with E-state index in [0.29, 0.717) is 34.1 Å². The van der Waals surface area contributed by atoms with Gasteiger partial charge in [-0.05, 0) is 44.4 Å².